The molecule has 0 fully saturated rings. The maximum Gasteiger partial charge on any atom is 0.241 e. The third-order valence-corrected chi connectivity index (χ3v) is 4.39. The summed E-state index contributed by atoms with van der Waals surface area (Å²) < 4.78 is 32.2. The lowest BCUT2D eigenvalue weighted by atomic mass is 10.2. The maximum absolute atomic E-state index is 12.2. The summed E-state index contributed by atoms with van der Waals surface area (Å²) in [5, 5.41) is 8.78. The van der Waals surface area contributed by atoms with E-state index >= 15 is 0 Å². The van der Waals surface area contributed by atoms with Crippen LogP contribution >= 0.6 is 0 Å². The average molecular weight is 290 g/mol. The van der Waals surface area contributed by atoms with Gasteiger partial charge in [-0.2, -0.15) is 5.26 Å². The molecule has 1 aromatic carbocycles. The largest absolute Gasteiger partial charge is 0.465 e. The molecular weight excluding hydrogens is 276 g/mol. The van der Waals surface area contributed by atoms with Gasteiger partial charge in [-0.15, -0.1) is 0 Å². The summed E-state index contributed by atoms with van der Waals surface area (Å²) >= 11 is 0. The molecule has 2 aromatic rings. The van der Waals surface area contributed by atoms with Crippen LogP contribution in [-0.2, 0) is 16.6 Å². The lowest BCUT2D eigenvalue weighted by molar-refractivity contribution is 0.475. The lowest BCUT2D eigenvalue weighted by Crippen LogP contribution is -2.23. The predicted octanol–water partition coefficient (Wildman–Crippen LogP) is 2.25. The third kappa shape index (κ3) is 3.07. The topological polar surface area (TPSA) is 83.1 Å². The molecule has 0 atom stereocenters. The molecule has 0 aliphatic heterocycles. The molecule has 0 bridgehead atoms. The van der Waals surface area contributed by atoms with Crippen molar-refractivity contribution in [1.29, 1.82) is 5.26 Å². The van der Waals surface area contributed by atoms with Crippen LogP contribution in [0.2, 0.25) is 0 Å². The van der Waals surface area contributed by atoms with Crippen molar-refractivity contribution in [2.45, 2.75) is 25.3 Å². The van der Waals surface area contributed by atoms with Gasteiger partial charge in [0.15, 0.2) is 0 Å². The Labute approximate surface area is 117 Å². The number of sulfonamides is 1. The Bertz CT molecular complexity index is 770. The van der Waals surface area contributed by atoms with E-state index in [9.17, 15) is 8.42 Å². The minimum atomic E-state index is -3.62. The van der Waals surface area contributed by atoms with Crippen molar-refractivity contribution in [2.75, 3.05) is 0 Å². The predicted molar refractivity (Wildman–Crippen MR) is 73.4 cm³/mol. The van der Waals surface area contributed by atoms with Gasteiger partial charge in [0.2, 0.25) is 10.0 Å². The van der Waals surface area contributed by atoms with Crippen molar-refractivity contribution in [1.82, 2.24) is 4.72 Å². The number of benzene rings is 1. The number of nitrogens with zero attached hydrogens (tertiary/aromatic N) is 1. The standard InChI is InChI=1S/C14H14N2O3S/c1-10-7-12(8-15)4-6-14(10)20(17,18)16-9-13-5-3-11(2)19-13/h3-7,16H,9H2,1-2H3. The van der Waals surface area contributed by atoms with Crippen molar-refractivity contribution in [2.24, 2.45) is 0 Å². The van der Waals surface area contributed by atoms with Crippen LogP contribution in [0.15, 0.2) is 39.6 Å². The van der Waals surface area contributed by atoms with Crippen LogP contribution in [-0.4, -0.2) is 8.42 Å². The molecule has 20 heavy (non-hydrogen) atoms. The molecule has 6 heteroatoms. The number of rotatable bonds is 4. The van der Waals surface area contributed by atoms with Gasteiger partial charge in [-0.3, -0.25) is 0 Å². The number of aryl methyl sites for hydroxylation is 2. The fourth-order valence-electron chi connectivity index (χ4n) is 1.84. The summed E-state index contributed by atoms with van der Waals surface area (Å²) in [7, 11) is -3.62. The normalized spacial score (nSPS) is 11.2. The molecule has 104 valence electrons. The van der Waals surface area contributed by atoms with Crippen LogP contribution in [0.25, 0.3) is 0 Å². The molecule has 0 saturated heterocycles. The first-order valence-corrected chi connectivity index (χ1v) is 7.46. The maximum atomic E-state index is 12.2. The molecule has 0 spiro atoms. The fourth-order valence-corrected chi connectivity index (χ4v) is 3.06. The number of nitriles is 1. The number of hydrogen-bond donors (Lipinski definition) is 1. The van der Waals surface area contributed by atoms with Gasteiger partial charge < -0.3 is 4.42 Å². The van der Waals surface area contributed by atoms with E-state index in [2.05, 4.69) is 4.72 Å². The van der Waals surface area contributed by atoms with E-state index in [4.69, 9.17) is 9.68 Å². The quantitative estimate of drug-likeness (QED) is 0.936. The number of nitrogens with one attached hydrogen (secondary N) is 1. The average Bonchev–Trinajstić information content (AvgIpc) is 2.82. The zero-order chi connectivity index (χ0) is 14.8. The summed E-state index contributed by atoms with van der Waals surface area (Å²) in [5.41, 5.74) is 0.968. The van der Waals surface area contributed by atoms with E-state index in [0.29, 0.717) is 16.9 Å². The molecule has 0 amide bonds. The van der Waals surface area contributed by atoms with E-state index in [0.717, 1.165) is 5.76 Å². The third-order valence-electron chi connectivity index (χ3n) is 2.83. The summed E-state index contributed by atoms with van der Waals surface area (Å²) in [6.07, 6.45) is 0. The molecular formula is C14H14N2O3S. The van der Waals surface area contributed by atoms with Gasteiger partial charge in [0.25, 0.3) is 0 Å². The Morgan fingerprint density at radius 3 is 2.55 bits per heavy atom. The Hall–Kier alpha value is -2.10. The van der Waals surface area contributed by atoms with Crippen molar-refractivity contribution >= 4 is 10.0 Å². The highest BCUT2D eigenvalue weighted by Gasteiger charge is 2.17. The first kappa shape index (κ1) is 14.3. The van der Waals surface area contributed by atoms with Gasteiger partial charge in [-0.05, 0) is 49.7 Å². The van der Waals surface area contributed by atoms with Gasteiger partial charge in [0.05, 0.1) is 23.1 Å². The SMILES string of the molecule is Cc1ccc(CNS(=O)(=O)c2ccc(C#N)cc2C)o1. The molecule has 0 aliphatic rings. The summed E-state index contributed by atoms with van der Waals surface area (Å²) in [5.74, 6) is 1.28. The van der Waals surface area contributed by atoms with Crippen molar-refractivity contribution in [3.8, 4) is 6.07 Å². The molecule has 0 radical (unpaired) electrons. The molecule has 1 N–H and O–H groups in total. The highest BCUT2D eigenvalue weighted by Crippen LogP contribution is 2.17. The van der Waals surface area contributed by atoms with E-state index in [1.807, 2.05) is 6.07 Å². The number of hydrogen-bond acceptors (Lipinski definition) is 4. The van der Waals surface area contributed by atoms with Crippen LogP contribution < -0.4 is 4.72 Å². The van der Waals surface area contributed by atoms with E-state index in [-0.39, 0.29) is 11.4 Å². The molecule has 5 nitrogen and oxygen atoms in total. The Morgan fingerprint density at radius 2 is 2.00 bits per heavy atom. The van der Waals surface area contributed by atoms with Crippen LogP contribution in [0, 0.1) is 25.2 Å². The van der Waals surface area contributed by atoms with Gasteiger partial charge in [0.1, 0.15) is 11.5 Å². The molecule has 1 aromatic heterocycles. The van der Waals surface area contributed by atoms with E-state index < -0.39 is 10.0 Å². The van der Waals surface area contributed by atoms with Gasteiger partial charge in [-0.25, -0.2) is 13.1 Å². The number of furan rings is 1. The smallest absolute Gasteiger partial charge is 0.241 e. The van der Waals surface area contributed by atoms with Gasteiger partial charge in [-0.1, -0.05) is 0 Å². The first-order chi connectivity index (χ1) is 9.42. The highest BCUT2D eigenvalue weighted by molar-refractivity contribution is 7.89. The Balaban J connectivity index is 2.20. The minimum Gasteiger partial charge on any atom is -0.465 e. The van der Waals surface area contributed by atoms with E-state index in [1.54, 1.807) is 32.0 Å². The first-order valence-electron chi connectivity index (χ1n) is 5.98. The summed E-state index contributed by atoms with van der Waals surface area (Å²) in [6, 6.07) is 9.94. The van der Waals surface area contributed by atoms with Crippen LogP contribution in [0.3, 0.4) is 0 Å². The van der Waals surface area contributed by atoms with Crippen molar-refractivity contribution < 1.29 is 12.8 Å². The van der Waals surface area contributed by atoms with Gasteiger partial charge in [0, 0.05) is 0 Å². The molecule has 1 heterocycles. The molecule has 2 rings (SSSR count). The van der Waals surface area contributed by atoms with Crippen LogP contribution in [0.1, 0.15) is 22.6 Å². The second-order valence-electron chi connectivity index (χ2n) is 4.43. The molecule has 0 aliphatic carbocycles. The zero-order valence-electron chi connectivity index (χ0n) is 11.2. The summed E-state index contributed by atoms with van der Waals surface area (Å²) in [6.45, 7) is 3.55. The molecule has 0 saturated carbocycles. The van der Waals surface area contributed by atoms with Crippen LogP contribution in [0.5, 0.6) is 0 Å². The van der Waals surface area contributed by atoms with Crippen molar-refractivity contribution in [3.63, 3.8) is 0 Å². The van der Waals surface area contributed by atoms with Gasteiger partial charge >= 0.3 is 0 Å². The highest BCUT2D eigenvalue weighted by atomic mass is 32.2. The Kier molecular flexibility index (Phi) is 3.93. The van der Waals surface area contributed by atoms with E-state index in [1.165, 1.54) is 12.1 Å². The van der Waals surface area contributed by atoms with Crippen molar-refractivity contribution in [3.05, 3.63) is 53.0 Å². The van der Waals surface area contributed by atoms with Crippen LogP contribution in [0.4, 0.5) is 0 Å². The second kappa shape index (κ2) is 5.49. The minimum absolute atomic E-state index is 0.0929. The monoisotopic (exact) mass is 290 g/mol. The molecule has 0 unspecified atom stereocenters. The second-order valence-corrected chi connectivity index (χ2v) is 6.16. The lowest BCUT2D eigenvalue weighted by Gasteiger charge is -2.08. The Morgan fingerprint density at radius 1 is 1.25 bits per heavy atom. The fraction of sp³-hybridized carbons (Fsp3) is 0.214. The zero-order valence-corrected chi connectivity index (χ0v) is 12.0. The summed E-state index contributed by atoms with van der Waals surface area (Å²) in [4.78, 5) is 0.166.